The number of hydrogen-bond donors (Lipinski definition) is 2. The molecule has 1 fully saturated rings. The van der Waals surface area contributed by atoms with Gasteiger partial charge in [0.2, 0.25) is 0 Å². The number of aryl methyl sites for hydroxylation is 1. The van der Waals surface area contributed by atoms with E-state index in [1.807, 2.05) is 19.1 Å². The van der Waals surface area contributed by atoms with Gasteiger partial charge in [0.05, 0.1) is 11.8 Å². The van der Waals surface area contributed by atoms with E-state index in [0.29, 0.717) is 30.1 Å². The number of methoxy groups -OCH3 is 1. The number of likely N-dealkylation sites (tertiary alicyclic amines) is 1. The number of piperidine rings is 1. The van der Waals surface area contributed by atoms with Crippen LogP contribution < -0.4 is 16.2 Å². The fourth-order valence-corrected chi connectivity index (χ4v) is 5.46. The molecule has 1 aliphatic heterocycles. The zero-order chi connectivity index (χ0) is 21.7. The van der Waals surface area contributed by atoms with Gasteiger partial charge in [-0.3, -0.25) is 4.79 Å². The van der Waals surface area contributed by atoms with Crippen LogP contribution in [-0.2, 0) is 0 Å². The number of nitrogen functional groups attached to an aromatic ring is 1. The first kappa shape index (κ1) is 19.8. The Hall–Kier alpha value is -3.17. The predicted octanol–water partition coefficient (Wildman–Crippen LogP) is 3.07. The van der Waals surface area contributed by atoms with E-state index in [1.54, 1.807) is 27.9 Å². The van der Waals surface area contributed by atoms with Gasteiger partial charge in [-0.05, 0) is 48.9 Å². The highest BCUT2D eigenvalue weighted by atomic mass is 32.1. The van der Waals surface area contributed by atoms with Gasteiger partial charge in [0, 0.05) is 29.6 Å². The van der Waals surface area contributed by atoms with E-state index in [1.165, 1.54) is 6.33 Å². The van der Waals surface area contributed by atoms with E-state index in [4.69, 9.17) is 16.2 Å². The molecule has 8 nitrogen and oxygen atoms in total. The second-order valence-electron chi connectivity index (χ2n) is 8.00. The normalized spacial score (nSPS) is 16.9. The van der Waals surface area contributed by atoms with Crippen molar-refractivity contribution >= 4 is 38.7 Å². The van der Waals surface area contributed by atoms with E-state index >= 15 is 0 Å². The Morgan fingerprint density at radius 1 is 1.29 bits per heavy atom. The van der Waals surface area contributed by atoms with E-state index in [0.717, 1.165) is 44.7 Å². The van der Waals surface area contributed by atoms with Crippen LogP contribution in [0.25, 0.3) is 26.0 Å². The molecule has 1 aromatic carbocycles. The van der Waals surface area contributed by atoms with Crippen LogP contribution in [0.5, 0.6) is 5.75 Å². The lowest BCUT2D eigenvalue weighted by Crippen LogP contribution is -2.46. The largest absolute Gasteiger partial charge is 0.495 e. The summed E-state index contributed by atoms with van der Waals surface area (Å²) in [5.41, 5.74) is 15.4. The maximum absolute atomic E-state index is 13.4. The average molecular weight is 437 g/mol. The highest BCUT2D eigenvalue weighted by Gasteiger charge is 2.27. The Morgan fingerprint density at radius 3 is 2.90 bits per heavy atom. The molecule has 0 saturated carbocycles. The van der Waals surface area contributed by atoms with Crippen LogP contribution in [0.15, 0.2) is 30.6 Å². The first-order valence-corrected chi connectivity index (χ1v) is 11.0. The van der Waals surface area contributed by atoms with Crippen LogP contribution in [0, 0.1) is 6.92 Å². The summed E-state index contributed by atoms with van der Waals surface area (Å²) in [7, 11) is 1.67. The first-order valence-electron chi connectivity index (χ1n) is 10.2. The van der Waals surface area contributed by atoms with Crippen molar-refractivity contribution in [1.82, 2.24) is 19.5 Å². The lowest BCUT2D eigenvalue weighted by atomic mass is 10.1. The molecule has 0 aliphatic carbocycles. The number of carbonyl (C=O) groups is 1. The number of nitrogens with zero attached hydrogens (tertiary/aromatic N) is 4. The summed E-state index contributed by atoms with van der Waals surface area (Å²) in [4.78, 5) is 20.3. The first-order chi connectivity index (χ1) is 15.0. The van der Waals surface area contributed by atoms with Gasteiger partial charge in [0.1, 0.15) is 23.3 Å². The summed E-state index contributed by atoms with van der Waals surface area (Å²) in [5, 5.41) is 5.44. The Balaban J connectivity index is 1.68. The molecule has 0 bridgehead atoms. The molecule has 31 heavy (non-hydrogen) atoms. The number of ether oxygens (including phenoxy) is 1. The summed E-state index contributed by atoms with van der Waals surface area (Å²) < 4.78 is 8.24. The number of aromatic nitrogens is 3. The summed E-state index contributed by atoms with van der Waals surface area (Å²) >= 11 is 1.60. The van der Waals surface area contributed by atoms with Crippen molar-refractivity contribution in [3.05, 3.63) is 41.9 Å². The van der Waals surface area contributed by atoms with Crippen LogP contribution in [0.3, 0.4) is 0 Å². The van der Waals surface area contributed by atoms with Crippen molar-refractivity contribution in [3.63, 3.8) is 0 Å². The molecule has 0 unspecified atom stereocenters. The van der Waals surface area contributed by atoms with Crippen LogP contribution in [0.2, 0.25) is 0 Å². The molecule has 0 radical (unpaired) electrons. The highest BCUT2D eigenvalue weighted by Crippen LogP contribution is 2.42. The minimum atomic E-state index is -0.0935. The summed E-state index contributed by atoms with van der Waals surface area (Å²) in [6, 6.07) is 8.11. The van der Waals surface area contributed by atoms with Gasteiger partial charge in [-0.15, -0.1) is 11.3 Å². The van der Waals surface area contributed by atoms with E-state index in [-0.39, 0.29) is 11.9 Å². The van der Waals surface area contributed by atoms with E-state index in [9.17, 15) is 4.79 Å². The number of anilines is 1. The molecule has 1 atom stereocenters. The van der Waals surface area contributed by atoms with Crippen molar-refractivity contribution in [2.75, 3.05) is 25.9 Å². The number of thiophene rings is 1. The van der Waals surface area contributed by atoms with Gasteiger partial charge in [-0.2, -0.15) is 5.10 Å². The van der Waals surface area contributed by atoms with Gasteiger partial charge in [-0.25, -0.2) is 9.50 Å². The standard InChI is InChI=1S/C22H24N6O2S/c1-12-6-13-8-18(31-20(13)17(7-12)30-2)15-9-16(28-19(15)21(24)25-11-26-28)22(29)27-5-3-4-14(23)10-27/h6-9,11,14H,3-5,10,23H2,1-2H3,(H2,24,25,26)/t14-/m1/s1. The van der Waals surface area contributed by atoms with E-state index in [2.05, 4.69) is 22.2 Å². The molecule has 4 heterocycles. The lowest BCUT2D eigenvalue weighted by Gasteiger charge is -2.30. The van der Waals surface area contributed by atoms with Crippen molar-refractivity contribution in [2.24, 2.45) is 5.73 Å². The molecular formula is C22H24N6O2S. The molecular weight excluding hydrogens is 412 g/mol. The maximum atomic E-state index is 13.4. The van der Waals surface area contributed by atoms with Crippen LogP contribution in [0.1, 0.15) is 28.9 Å². The van der Waals surface area contributed by atoms with Gasteiger partial charge in [0.15, 0.2) is 5.82 Å². The highest BCUT2D eigenvalue weighted by molar-refractivity contribution is 7.22. The van der Waals surface area contributed by atoms with Crippen molar-refractivity contribution in [3.8, 4) is 16.2 Å². The second kappa shape index (κ2) is 7.51. The topological polar surface area (TPSA) is 112 Å². The van der Waals surface area contributed by atoms with Crippen LogP contribution in [0.4, 0.5) is 5.82 Å². The maximum Gasteiger partial charge on any atom is 0.272 e. The van der Waals surface area contributed by atoms with Crippen LogP contribution in [-0.4, -0.2) is 51.6 Å². The molecule has 1 saturated heterocycles. The minimum Gasteiger partial charge on any atom is -0.495 e. The quantitative estimate of drug-likeness (QED) is 0.510. The number of benzene rings is 1. The van der Waals surface area contributed by atoms with Crippen molar-refractivity contribution in [2.45, 2.75) is 25.8 Å². The zero-order valence-electron chi connectivity index (χ0n) is 17.5. The van der Waals surface area contributed by atoms with Gasteiger partial charge >= 0.3 is 0 Å². The molecule has 3 aromatic heterocycles. The third kappa shape index (κ3) is 3.30. The van der Waals surface area contributed by atoms with Crippen molar-refractivity contribution in [1.29, 1.82) is 0 Å². The van der Waals surface area contributed by atoms with Gasteiger partial charge < -0.3 is 21.1 Å². The number of carbonyl (C=O) groups excluding carboxylic acids is 1. The minimum absolute atomic E-state index is 0.00129. The fourth-order valence-electron chi connectivity index (χ4n) is 4.31. The average Bonchev–Trinajstić information content (AvgIpc) is 3.35. The summed E-state index contributed by atoms with van der Waals surface area (Å²) in [6.45, 7) is 3.27. The molecule has 4 aromatic rings. The van der Waals surface area contributed by atoms with Crippen molar-refractivity contribution < 1.29 is 9.53 Å². The Kier molecular flexibility index (Phi) is 4.79. The number of rotatable bonds is 3. The third-order valence-corrected chi connectivity index (χ3v) is 6.96. The molecule has 1 aliphatic rings. The zero-order valence-corrected chi connectivity index (χ0v) is 18.3. The van der Waals surface area contributed by atoms with Gasteiger partial charge in [-0.1, -0.05) is 6.07 Å². The Bertz CT molecular complexity index is 1310. The Labute approximate surface area is 183 Å². The molecule has 1 amide bonds. The predicted molar refractivity (Wildman–Crippen MR) is 123 cm³/mol. The molecule has 0 spiro atoms. The smallest absolute Gasteiger partial charge is 0.272 e. The number of amides is 1. The molecule has 160 valence electrons. The second-order valence-corrected chi connectivity index (χ2v) is 9.05. The summed E-state index contributed by atoms with van der Waals surface area (Å²) in [6.07, 6.45) is 3.21. The lowest BCUT2D eigenvalue weighted by molar-refractivity contribution is 0.0700. The summed E-state index contributed by atoms with van der Waals surface area (Å²) in [5.74, 6) is 1.07. The van der Waals surface area contributed by atoms with Crippen LogP contribution >= 0.6 is 11.3 Å². The Morgan fingerprint density at radius 2 is 2.13 bits per heavy atom. The molecule has 9 heteroatoms. The molecule has 5 rings (SSSR count). The number of nitrogens with two attached hydrogens (primary N) is 2. The third-order valence-electron chi connectivity index (χ3n) is 5.76. The monoisotopic (exact) mass is 436 g/mol. The fraction of sp³-hybridized carbons (Fsp3) is 0.318. The number of hydrogen-bond acceptors (Lipinski definition) is 7. The number of fused-ring (bicyclic) bond motifs is 2. The molecule has 4 N–H and O–H groups in total. The van der Waals surface area contributed by atoms with E-state index < -0.39 is 0 Å². The van der Waals surface area contributed by atoms with Gasteiger partial charge in [0.25, 0.3) is 5.91 Å². The SMILES string of the molecule is COc1cc(C)cc2cc(-c3cc(C(=O)N4CCC[C@@H](N)C4)n4ncnc(N)c34)sc12.